The summed E-state index contributed by atoms with van der Waals surface area (Å²) in [6.45, 7) is 6.51. The lowest BCUT2D eigenvalue weighted by Crippen LogP contribution is -2.05. The van der Waals surface area contributed by atoms with Gasteiger partial charge in [-0.1, -0.05) is 199 Å². The van der Waals surface area contributed by atoms with Gasteiger partial charge in [-0.3, -0.25) is 9.13 Å². The van der Waals surface area contributed by atoms with Crippen molar-refractivity contribution in [3.8, 4) is 101 Å². The quantitative estimate of drug-likeness (QED) is 0.137. The van der Waals surface area contributed by atoms with Gasteiger partial charge in [-0.15, -0.1) is 0 Å². The molecule has 0 saturated heterocycles. The topological polar surface area (TPSA) is 61.4 Å². The van der Waals surface area contributed by atoms with Crippen molar-refractivity contribution in [1.82, 2.24) is 29.1 Å². The van der Waals surface area contributed by atoms with E-state index >= 15 is 0 Å². The summed E-state index contributed by atoms with van der Waals surface area (Å²) in [4.78, 5) is 22.1. The minimum atomic E-state index is 0.816. The first kappa shape index (κ1) is 49.2. The molecule has 0 saturated carbocycles. The van der Waals surface area contributed by atoms with Gasteiger partial charge in [-0.05, 0) is 134 Å². The molecule has 6 heterocycles. The molecule has 9 aromatic carbocycles. The highest BCUT2D eigenvalue weighted by Crippen LogP contribution is 2.42. The Balaban J connectivity index is 1.01. The Bertz CT molecular complexity index is 4660. The zero-order chi connectivity index (χ0) is 55.5. The molecule has 0 bridgehead atoms. The van der Waals surface area contributed by atoms with E-state index in [2.05, 4.69) is 279 Å². The second kappa shape index (κ2) is 20.4. The number of aryl methyl sites for hydroxylation is 3. The molecule has 6 heteroatoms. The third-order valence-electron chi connectivity index (χ3n) is 16.1. The van der Waals surface area contributed by atoms with Gasteiger partial charge in [0.2, 0.25) is 0 Å². The van der Waals surface area contributed by atoms with Crippen LogP contribution in [0, 0.1) is 20.8 Å². The molecule has 6 aromatic heterocycles. The Hall–Kier alpha value is -10.8. The molecule has 0 amide bonds. The number of aromatic nitrogens is 6. The average molecular weight is 1060 g/mol. The van der Waals surface area contributed by atoms with Gasteiger partial charge in [0.1, 0.15) is 11.6 Å². The highest BCUT2D eigenvalue weighted by Gasteiger charge is 2.22. The van der Waals surface area contributed by atoms with Crippen LogP contribution in [0.15, 0.2) is 273 Å². The standard InChI is InChI=1S/C77H54N6/c1-49-32-35-73-63(38-49)62-30-18-19-31-72(62)82(73)76-47-57(48-77(81-76)83-74-36-33-50(2)39-64(74)65-40-51(3)34-37-75(65)83)61-29-17-16-28-60(61)56-41-70(58-43-66(52-20-8-4-9-21-52)78-67(44-58)53-22-10-5-11-23-53)80-71(42-56)59-45-68(54-24-12-6-13-25-54)79-69(46-59)55-26-14-7-15-27-55/h4-48H,1-3H3. The Morgan fingerprint density at radius 2 is 0.506 bits per heavy atom. The molecule has 83 heavy (non-hydrogen) atoms. The average Bonchev–Trinajstić information content (AvgIpc) is 3.43. The summed E-state index contributed by atoms with van der Waals surface area (Å²) >= 11 is 0. The lowest BCUT2D eigenvalue weighted by atomic mass is 9.92. The SMILES string of the molecule is Cc1ccc2c(c1)c1ccccc1n2-c1cc(-c2ccccc2-c2cc(-c3cc(-c4ccccc4)nc(-c4ccccc4)c3)nc(-c3cc(-c4ccccc4)nc(-c4ccccc4)c3)c2)cc(-n2c3ccc(C)cc3c3cc(C)ccc32)n1. The number of hydrogen-bond donors (Lipinski definition) is 0. The zero-order valence-corrected chi connectivity index (χ0v) is 46.2. The van der Waals surface area contributed by atoms with Gasteiger partial charge in [0, 0.05) is 54.9 Å². The van der Waals surface area contributed by atoms with E-state index in [-0.39, 0.29) is 0 Å². The maximum atomic E-state index is 5.76. The Kier molecular flexibility index (Phi) is 12.1. The van der Waals surface area contributed by atoms with Crippen molar-refractivity contribution in [3.63, 3.8) is 0 Å². The van der Waals surface area contributed by atoms with Crippen LogP contribution in [0.2, 0.25) is 0 Å². The molecule has 0 radical (unpaired) electrons. The minimum absolute atomic E-state index is 0.816. The molecule has 15 rings (SSSR count). The number of rotatable bonds is 10. The van der Waals surface area contributed by atoms with Crippen LogP contribution in [0.1, 0.15) is 16.7 Å². The summed E-state index contributed by atoms with van der Waals surface area (Å²) < 4.78 is 4.71. The smallest absolute Gasteiger partial charge is 0.140 e. The fourth-order valence-electron chi connectivity index (χ4n) is 12.1. The van der Waals surface area contributed by atoms with Crippen LogP contribution in [0.4, 0.5) is 0 Å². The lowest BCUT2D eigenvalue weighted by molar-refractivity contribution is 1.01. The van der Waals surface area contributed by atoms with Crippen molar-refractivity contribution in [2.75, 3.05) is 0 Å². The predicted molar refractivity (Wildman–Crippen MR) is 344 cm³/mol. The van der Waals surface area contributed by atoms with E-state index in [0.29, 0.717) is 0 Å². The fraction of sp³-hybridized carbons (Fsp3) is 0.0390. The van der Waals surface area contributed by atoms with E-state index in [1.165, 1.54) is 38.2 Å². The third-order valence-corrected chi connectivity index (χ3v) is 16.1. The first-order valence-electron chi connectivity index (χ1n) is 28.3. The van der Waals surface area contributed by atoms with Gasteiger partial charge < -0.3 is 0 Å². The van der Waals surface area contributed by atoms with Crippen molar-refractivity contribution in [2.24, 2.45) is 0 Å². The molecule has 0 unspecified atom stereocenters. The second-order valence-corrected chi connectivity index (χ2v) is 21.7. The summed E-state index contributed by atoms with van der Waals surface area (Å²) in [5, 5.41) is 4.78. The number of pyridine rings is 4. The van der Waals surface area contributed by atoms with Crippen molar-refractivity contribution in [1.29, 1.82) is 0 Å². The molecule has 0 spiro atoms. The monoisotopic (exact) mass is 1060 g/mol. The van der Waals surface area contributed by atoms with E-state index in [4.69, 9.17) is 19.9 Å². The highest BCUT2D eigenvalue weighted by molar-refractivity contribution is 6.11. The molecule has 392 valence electrons. The molecule has 0 N–H and O–H groups in total. The van der Waals surface area contributed by atoms with Crippen LogP contribution in [0.5, 0.6) is 0 Å². The van der Waals surface area contributed by atoms with Gasteiger partial charge in [0.15, 0.2) is 0 Å². The number of benzene rings is 9. The van der Waals surface area contributed by atoms with Crippen molar-refractivity contribution in [2.45, 2.75) is 20.8 Å². The first-order chi connectivity index (χ1) is 40.8. The lowest BCUT2D eigenvalue weighted by Gasteiger charge is -2.18. The Morgan fingerprint density at radius 1 is 0.217 bits per heavy atom. The summed E-state index contributed by atoms with van der Waals surface area (Å²) in [7, 11) is 0. The van der Waals surface area contributed by atoms with Crippen molar-refractivity contribution in [3.05, 3.63) is 290 Å². The van der Waals surface area contributed by atoms with E-state index in [0.717, 1.165) is 124 Å². The molecular formula is C77H54N6. The summed E-state index contributed by atoms with van der Waals surface area (Å²) in [6, 6.07) is 97.4. The van der Waals surface area contributed by atoms with Gasteiger partial charge in [0.05, 0.1) is 56.2 Å². The van der Waals surface area contributed by atoms with Crippen LogP contribution in [0.3, 0.4) is 0 Å². The number of para-hydroxylation sites is 1. The molecule has 0 atom stereocenters. The summed E-state index contributed by atoms with van der Waals surface area (Å²) in [6.07, 6.45) is 0. The van der Waals surface area contributed by atoms with E-state index in [1.54, 1.807) is 0 Å². The van der Waals surface area contributed by atoms with Crippen LogP contribution in [-0.4, -0.2) is 29.1 Å². The van der Waals surface area contributed by atoms with Gasteiger partial charge in [-0.2, -0.15) is 0 Å². The van der Waals surface area contributed by atoms with Crippen LogP contribution >= 0.6 is 0 Å². The van der Waals surface area contributed by atoms with Gasteiger partial charge in [0.25, 0.3) is 0 Å². The van der Waals surface area contributed by atoms with E-state index in [1.807, 2.05) is 24.3 Å². The summed E-state index contributed by atoms with van der Waals surface area (Å²) in [5.74, 6) is 1.65. The molecule has 15 aromatic rings. The summed E-state index contributed by atoms with van der Waals surface area (Å²) in [5.41, 5.74) is 23.3. The van der Waals surface area contributed by atoms with Crippen LogP contribution < -0.4 is 0 Å². The minimum Gasteiger partial charge on any atom is -0.294 e. The maximum absolute atomic E-state index is 5.76. The van der Waals surface area contributed by atoms with Gasteiger partial charge in [-0.25, -0.2) is 19.9 Å². The molecule has 6 nitrogen and oxygen atoms in total. The van der Waals surface area contributed by atoms with Crippen molar-refractivity contribution >= 4 is 43.6 Å². The molecular weight excluding hydrogens is 1010 g/mol. The molecule has 0 fully saturated rings. The zero-order valence-electron chi connectivity index (χ0n) is 46.2. The Labute approximate surface area is 482 Å². The van der Waals surface area contributed by atoms with E-state index in [9.17, 15) is 0 Å². The fourth-order valence-corrected chi connectivity index (χ4v) is 12.1. The third kappa shape index (κ3) is 9.03. The molecule has 0 aliphatic heterocycles. The Morgan fingerprint density at radius 3 is 0.892 bits per heavy atom. The normalized spacial score (nSPS) is 11.6. The van der Waals surface area contributed by atoms with Crippen LogP contribution in [-0.2, 0) is 0 Å². The van der Waals surface area contributed by atoms with E-state index < -0.39 is 0 Å². The number of fused-ring (bicyclic) bond motifs is 6. The van der Waals surface area contributed by atoms with Gasteiger partial charge >= 0.3 is 0 Å². The maximum Gasteiger partial charge on any atom is 0.140 e. The number of hydrogen-bond acceptors (Lipinski definition) is 4. The van der Waals surface area contributed by atoms with Crippen LogP contribution in [0.25, 0.3) is 145 Å². The number of nitrogens with zero attached hydrogens (tertiary/aromatic N) is 6. The molecule has 0 aliphatic rings. The highest BCUT2D eigenvalue weighted by atomic mass is 15.1. The van der Waals surface area contributed by atoms with Crippen molar-refractivity contribution < 1.29 is 0 Å². The first-order valence-corrected chi connectivity index (χ1v) is 28.3. The predicted octanol–water partition coefficient (Wildman–Crippen LogP) is 19.7. The molecule has 0 aliphatic carbocycles. The second-order valence-electron chi connectivity index (χ2n) is 21.7. The largest absolute Gasteiger partial charge is 0.294 e.